The SMILES string of the molecule is O=C(Nc1cc(Cl)ccc1O)c1cnc(-c2ccccc2)s1. The summed E-state index contributed by atoms with van der Waals surface area (Å²) in [5.74, 6) is -0.372. The number of benzene rings is 2. The van der Waals surface area contributed by atoms with Crippen molar-refractivity contribution >= 4 is 34.5 Å². The molecule has 3 aromatic rings. The summed E-state index contributed by atoms with van der Waals surface area (Å²) in [7, 11) is 0. The maximum atomic E-state index is 12.2. The second-order valence-corrected chi connectivity index (χ2v) is 5.98. The van der Waals surface area contributed by atoms with Gasteiger partial charge in [0.15, 0.2) is 0 Å². The molecule has 0 saturated carbocycles. The summed E-state index contributed by atoms with van der Waals surface area (Å²) < 4.78 is 0. The molecule has 6 heteroatoms. The van der Waals surface area contributed by atoms with Gasteiger partial charge in [0.1, 0.15) is 15.6 Å². The number of carbonyl (C=O) groups is 1. The first-order chi connectivity index (χ1) is 10.6. The highest BCUT2D eigenvalue weighted by molar-refractivity contribution is 7.17. The second kappa shape index (κ2) is 6.17. The van der Waals surface area contributed by atoms with E-state index < -0.39 is 0 Å². The zero-order valence-corrected chi connectivity index (χ0v) is 12.9. The first kappa shape index (κ1) is 14.6. The van der Waals surface area contributed by atoms with Gasteiger partial charge in [-0.15, -0.1) is 11.3 Å². The van der Waals surface area contributed by atoms with Crippen LogP contribution in [0.4, 0.5) is 5.69 Å². The van der Waals surface area contributed by atoms with Gasteiger partial charge in [0.25, 0.3) is 5.91 Å². The molecular formula is C16H11ClN2O2S. The van der Waals surface area contributed by atoms with E-state index in [2.05, 4.69) is 10.3 Å². The van der Waals surface area contributed by atoms with Crippen molar-refractivity contribution in [3.8, 4) is 16.3 Å². The Bertz CT molecular complexity index is 818. The molecule has 0 aliphatic carbocycles. The molecule has 110 valence electrons. The standard InChI is InChI=1S/C16H11ClN2O2S/c17-11-6-7-13(20)12(8-11)19-15(21)14-9-18-16(22-14)10-4-2-1-3-5-10/h1-9,20H,(H,19,21). The molecule has 4 nitrogen and oxygen atoms in total. The minimum Gasteiger partial charge on any atom is -0.506 e. The highest BCUT2D eigenvalue weighted by Gasteiger charge is 2.13. The Morgan fingerprint density at radius 3 is 2.73 bits per heavy atom. The van der Waals surface area contributed by atoms with Crippen LogP contribution in [0, 0.1) is 0 Å². The zero-order chi connectivity index (χ0) is 15.5. The average molecular weight is 331 g/mol. The third-order valence-electron chi connectivity index (χ3n) is 2.96. The summed E-state index contributed by atoms with van der Waals surface area (Å²) in [5, 5.41) is 13.6. The summed E-state index contributed by atoms with van der Waals surface area (Å²) >= 11 is 7.14. The van der Waals surface area contributed by atoms with Crippen molar-refractivity contribution in [3.05, 3.63) is 64.6 Å². The predicted octanol–water partition coefficient (Wildman–Crippen LogP) is 4.42. The number of amides is 1. The number of hydrogen-bond acceptors (Lipinski definition) is 4. The molecule has 0 radical (unpaired) electrons. The maximum absolute atomic E-state index is 12.2. The molecule has 0 atom stereocenters. The number of phenols is 1. The zero-order valence-electron chi connectivity index (χ0n) is 11.3. The van der Waals surface area contributed by atoms with Crippen LogP contribution in [0.2, 0.25) is 5.02 Å². The highest BCUT2D eigenvalue weighted by Crippen LogP contribution is 2.29. The molecule has 1 heterocycles. The van der Waals surface area contributed by atoms with E-state index in [1.54, 1.807) is 6.07 Å². The van der Waals surface area contributed by atoms with Crippen LogP contribution in [-0.2, 0) is 0 Å². The van der Waals surface area contributed by atoms with Gasteiger partial charge in [-0.1, -0.05) is 41.9 Å². The molecule has 0 bridgehead atoms. The Labute approximate surface area is 136 Å². The summed E-state index contributed by atoms with van der Waals surface area (Å²) in [6.45, 7) is 0. The third kappa shape index (κ3) is 3.10. The number of anilines is 1. The fourth-order valence-electron chi connectivity index (χ4n) is 1.89. The van der Waals surface area contributed by atoms with E-state index in [0.717, 1.165) is 10.6 Å². The largest absolute Gasteiger partial charge is 0.506 e. The van der Waals surface area contributed by atoms with E-state index >= 15 is 0 Å². The number of aromatic nitrogens is 1. The minimum absolute atomic E-state index is 0.0365. The lowest BCUT2D eigenvalue weighted by atomic mass is 10.2. The minimum atomic E-state index is -0.336. The third-order valence-corrected chi connectivity index (χ3v) is 4.24. The lowest BCUT2D eigenvalue weighted by Crippen LogP contribution is -2.10. The van der Waals surface area contributed by atoms with Crippen LogP contribution < -0.4 is 5.32 Å². The van der Waals surface area contributed by atoms with Crippen LogP contribution in [-0.4, -0.2) is 16.0 Å². The first-order valence-electron chi connectivity index (χ1n) is 6.44. The summed E-state index contributed by atoms with van der Waals surface area (Å²) in [4.78, 5) is 16.9. The number of carbonyl (C=O) groups excluding carboxylic acids is 1. The fraction of sp³-hybridized carbons (Fsp3) is 0. The molecule has 22 heavy (non-hydrogen) atoms. The molecule has 1 aromatic heterocycles. The average Bonchev–Trinajstić information content (AvgIpc) is 3.02. The molecule has 0 aliphatic rings. The van der Waals surface area contributed by atoms with E-state index in [4.69, 9.17) is 11.6 Å². The van der Waals surface area contributed by atoms with E-state index in [0.29, 0.717) is 9.90 Å². The number of aromatic hydroxyl groups is 1. The number of thiazole rings is 1. The molecule has 0 unspecified atom stereocenters. The van der Waals surface area contributed by atoms with E-state index in [1.807, 2.05) is 30.3 Å². The molecule has 0 fully saturated rings. The topological polar surface area (TPSA) is 62.2 Å². The van der Waals surface area contributed by atoms with Gasteiger partial charge < -0.3 is 10.4 Å². The highest BCUT2D eigenvalue weighted by atomic mass is 35.5. The van der Waals surface area contributed by atoms with Gasteiger partial charge in [0.2, 0.25) is 0 Å². The Morgan fingerprint density at radius 2 is 1.95 bits per heavy atom. The molecule has 1 amide bonds. The van der Waals surface area contributed by atoms with Crippen molar-refractivity contribution in [2.24, 2.45) is 0 Å². The summed E-state index contributed by atoms with van der Waals surface area (Å²) in [6.07, 6.45) is 1.52. The van der Waals surface area contributed by atoms with Crippen molar-refractivity contribution in [2.75, 3.05) is 5.32 Å². The lowest BCUT2D eigenvalue weighted by molar-refractivity contribution is 0.103. The molecule has 0 spiro atoms. The maximum Gasteiger partial charge on any atom is 0.267 e. The van der Waals surface area contributed by atoms with Gasteiger partial charge in [-0.3, -0.25) is 4.79 Å². The Hall–Kier alpha value is -2.37. The number of phenolic OH excluding ortho intramolecular Hbond substituents is 1. The molecule has 0 saturated heterocycles. The molecule has 0 aliphatic heterocycles. The monoisotopic (exact) mass is 330 g/mol. The predicted molar refractivity (Wildman–Crippen MR) is 88.6 cm³/mol. The Balaban J connectivity index is 1.81. The lowest BCUT2D eigenvalue weighted by Gasteiger charge is -2.06. The molecule has 3 rings (SSSR count). The van der Waals surface area contributed by atoms with Crippen LogP contribution in [0.5, 0.6) is 5.75 Å². The van der Waals surface area contributed by atoms with Gasteiger partial charge in [0.05, 0.1) is 11.9 Å². The van der Waals surface area contributed by atoms with Crippen LogP contribution >= 0.6 is 22.9 Å². The van der Waals surface area contributed by atoms with Crippen molar-refractivity contribution < 1.29 is 9.90 Å². The van der Waals surface area contributed by atoms with Crippen LogP contribution in [0.25, 0.3) is 10.6 Å². The van der Waals surface area contributed by atoms with Crippen molar-refractivity contribution in [1.29, 1.82) is 0 Å². The van der Waals surface area contributed by atoms with Crippen molar-refractivity contribution in [3.63, 3.8) is 0 Å². The molecular weight excluding hydrogens is 320 g/mol. The van der Waals surface area contributed by atoms with Crippen LogP contribution in [0.15, 0.2) is 54.7 Å². The Kier molecular flexibility index (Phi) is 4.09. The van der Waals surface area contributed by atoms with Gasteiger partial charge in [-0.05, 0) is 18.2 Å². The summed E-state index contributed by atoms with van der Waals surface area (Å²) in [5.41, 5.74) is 1.23. The van der Waals surface area contributed by atoms with Crippen LogP contribution in [0.1, 0.15) is 9.67 Å². The number of halogens is 1. The van der Waals surface area contributed by atoms with Gasteiger partial charge in [-0.25, -0.2) is 4.98 Å². The first-order valence-corrected chi connectivity index (χ1v) is 7.64. The number of hydrogen-bond donors (Lipinski definition) is 2. The number of nitrogens with one attached hydrogen (secondary N) is 1. The fourth-order valence-corrected chi connectivity index (χ4v) is 2.87. The normalized spacial score (nSPS) is 10.4. The number of nitrogens with zero attached hydrogens (tertiary/aromatic N) is 1. The van der Waals surface area contributed by atoms with E-state index in [-0.39, 0.29) is 17.3 Å². The number of rotatable bonds is 3. The summed E-state index contributed by atoms with van der Waals surface area (Å²) in [6, 6.07) is 14.1. The molecule has 2 aromatic carbocycles. The Morgan fingerprint density at radius 1 is 1.18 bits per heavy atom. The quantitative estimate of drug-likeness (QED) is 0.699. The van der Waals surface area contributed by atoms with Gasteiger partial charge in [0, 0.05) is 10.6 Å². The van der Waals surface area contributed by atoms with Crippen molar-refractivity contribution in [2.45, 2.75) is 0 Å². The van der Waals surface area contributed by atoms with Crippen molar-refractivity contribution in [1.82, 2.24) is 4.98 Å². The second-order valence-electron chi connectivity index (χ2n) is 4.51. The van der Waals surface area contributed by atoms with E-state index in [9.17, 15) is 9.90 Å². The smallest absolute Gasteiger partial charge is 0.267 e. The van der Waals surface area contributed by atoms with Gasteiger partial charge in [-0.2, -0.15) is 0 Å². The van der Waals surface area contributed by atoms with E-state index in [1.165, 1.54) is 29.7 Å². The molecule has 2 N–H and O–H groups in total. The van der Waals surface area contributed by atoms with Gasteiger partial charge >= 0.3 is 0 Å². The van der Waals surface area contributed by atoms with Crippen LogP contribution in [0.3, 0.4) is 0 Å².